The highest BCUT2D eigenvalue weighted by Crippen LogP contribution is 2.22. The van der Waals surface area contributed by atoms with E-state index in [1.807, 2.05) is 0 Å². The number of aliphatic carboxylic acids is 1. The summed E-state index contributed by atoms with van der Waals surface area (Å²) in [5.74, 6) is -2.87. The molecule has 0 unspecified atom stereocenters. The van der Waals surface area contributed by atoms with E-state index in [9.17, 15) is 19.1 Å². The van der Waals surface area contributed by atoms with Crippen LogP contribution >= 0.6 is 0 Å². The Labute approximate surface area is 152 Å². The van der Waals surface area contributed by atoms with Gasteiger partial charge in [0, 0.05) is 18.5 Å². The zero-order valence-corrected chi connectivity index (χ0v) is 13.9. The Hall–Kier alpha value is -3.75. The number of aromatic nitrogens is 3. The number of carbonyl (C=O) groups is 2. The topological polar surface area (TPSA) is 117 Å². The second kappa shape index (κ2) is 7.65. The summed E-state index contributed by atoms with van der Waals surface area (Å²) in [4.78, 5) is 27.5. The van der Waals surface area contributed by atoms with E-state index >= 15 is 0 Å². The molecule has 0 saturated heterocycles. The Morgan fingerprint density at radius 3 is 2.67 bits per heavy atom. The van der Waals surface area contributed by atoms with Crippen molar-refractivity contribution in [3.05, 3.63) is 71.9 Å². The second-order valence-corrected chi connectivity index (χ2v) is 5.66. The molecular weight excluding hydrogens is 355 g/mol. The number of hydrogen-bond acceptors (Lipinski definition) is 5. The molecule has 8 nitrogen and oxygen atoms in total. The predicted octanol–water partition coefficient (Wildman–Crippen LogP) is 2.06. The summed E-state index contributed by atoms with van der Waals surface area (Å²) >= 11 is 0. The van der Waals surface area contributed by atoms with Crippen LogP contribution < -0.4 is 5.32 Å². The molecule has 9 heteroatoms. The lowest BCUT2D eigenvalue weighted by Gasteiger charge is -2.16. The van der Waals surface area contributed by atoms with Gasteiger partial charge in [-0.15, -0.1) is 0 Å². The lowest BCUT2D eigenvalue weighted by atomic mass is 10.1. The molecule has 0 fully saturated rings. The maximum Gasteiger partial charge on any atom is 0.305 e. The number of carbonyl (C=O) groups excluding carboxylic acids is 1. The summed E-state index contributed by atoms with van der Waals surface area (Å²) in [7, 11) is 0. The number of aromatic hydroxyl groups is 1. The number of hydrogen-bond donors (Lipinski definition) is 3. The van der Waals surface area contributed by atoms with Gasteiger partial charge in [0.2, 0.25) is 5.88 Å². The van der Waals surface area contributed by atoms with Gasteiger partial charge in [0.15, 0.2) is 5.69 Å². The molecule has 3 aromatic rings. The minimum atomic E-state index is -1.11. The number of amides is 1. The van der Waals surface area contributed by atoms with Crippen LogP contribution in [-0.4, -0.2) is 36.9 Å². The molecule has 0 bridgehead atoms. The van der Waals surface area contributed by atoms with E-state index in [-0.39, 0.29) is 17.8 Å². The van der Waals surface area contributed by atoms with Crippen molar-refractivity contribution < 1.29 is 24.2 Å². The molecule has 3 N–H and O–H groups in total. The fraction of sp³-hybridized carbons (Fsp3) is 0.111. The number of carboxylic acids is 1. The Kier molecular flexibility index (Phi) is 5.11. The molecule has 27 heavy (non-hydrogen) atoms. The van der Waals surface area contributed by atoms with Crippen LogP contribution in [0, 0.1) is 5.82 Å². The van der Waals surface area contributed by atoms with E-state index in [0.29, 0.717) is 5.56 Å². The molecule has 138 valence electrons. The third kappa shape index (κ3) is 4.09. The van der Waals surface area contributed by atoms with Crippen molar-refractivity contribution in [1.82, 2.24) is 20.1 Å². The minimum absolute atomic E-state index is 0.0246. The van der Waals surface area contributed by atoms with Crippen molar-refractivity contribution in [2.45, 2.75) is 12.5 Å². The van der Waals surface area contributed by atoms with Gasteiger partial charge < -0.3 is 15.5 Å². The lowest BCUT2D eigenvalue weighted by molar-refractivity contribution is -0.137. The molecule has 2 heterocycles. The summed E-state index contributed by atoms with van der Waals surface area (Å²) < 4.78 is 14.8. The lowest BCUT2D eigenvalue weighted by Crippen LogP contribution is -2.30. The van der Waals surface area contributed by atoms with E-state index in [1.54, 1.807) is 18.2 Å². The maximum absolute atomic E-state index is 13.9. The standard InChI is InChI=1S/C18H15FN4O4/c19-12-5-1-2-6-15(12)23-16(24)8-14(22-23)18(27)21-13(9-17(25)26)11-4-3-7-20-10-11/h1-8,10,13,24H,9H2,(H,21,27)(H,25,26)/t13-/m0/s1. The van der Waals surface area contributed by atoms with Gasteiger partial charge in [0.25, 0.3) is 5.91 Å². The molecule has 3 rings (SSSR count). The summed E-state index contributed by atoms with van der Waals surface area (Å²) in [6, 6.07) is 9.12. The summed E-state index contributed by atoms with van der Waals surface area (Å²) in [5.41, 5.74) is 0.296. The van der Waals surface area contributed by atoms with Crippen LogP contribution in [0.15, 0.2) is 54.9 Å². The molecular formula is C18H15FN4O4. The van der Waals surface area contributed by atoms with Crippen LogP contribution in [0.25, 0.3) is 5.69 Å². The molecule has 2 aromatic heterocycles. The first kappa shape index (κ1) is 18.1. The van der Waals surface area contributed by atoms with Gasteiger partial charge in [0.05, 0.1) is 12.5 Å². The van der Waals surface area contributed by atoms with Crippen molar-refractivity contribution in [1.29, 1.82) is 0 Å². The highest BCUT2D eigenvalue weighted by atomic mass is 19.1. The van der Waals surface area contributed by atoms with Crippen LogP contribution in [0.3, 0.4) is 0 Å². The second-order valence-electron chi connectivity index (χ2n) is 5.66. The van der Waals surface area contributed by atoms with Crippen molar-refractivity contribution in [3.8, 4) is 11.6 Å². The molecule has 0 aliphatic rings. The highest BCUT2D eigenvalue weighted by Gasteiger charge is 2.22. The first-order chi connectivity index (χ1) is 13.0. The van der Waals surface area contributed by atoms with Crippen molar-refractivity contribution >= 4 is 11.9 Å². The number of benzene rings is 1. The normalized spacial score (nSPS) is 11.7. The number of carboxylic acid groups (broad SMARTS) is 1. The average molecular weight is 370 g/mol. The van der Waals surface area contributed by atoms with E-state index in [4.69, 9.17) is 5.11 Å². The Morgan fingerprint density at radius 1 is 1.22 bits per heavy atom. The molecule has 0 radical (unpaired) electrons. The zero-order valence-electron chi connectivity index (χ0n) is 13.9. The SMILES string of the molecule is O=C(O)C[C@H](NC(=O)c1cc(O)n(-c2ccccc2F)n1)c1cccnc1. The van der Waals surface area contributed by atoms with Gasteiger partial charge in [-0.1, -0.05) is 18.2 Å². The predicted molar refractivity (Wildman–Crippen MR) is 91.9 cm³/mol. The third-order valence-electron chi connectivity index (χ3n) is 3.77. The summed E-state index contributed by atoms with van der Waals surface area (Å²) in [6.07, 6.45) is 2.61. The van der Waals surface area contributed by atoms with Crippen molar-refractivity contribution in [2.24, 2.45) is 0 Å². The molecule has 0 aliphatic heterocycles. The van der Waals surface area contributed by atoms with Crippen LogP contribution in [0.5, 0.6) is 5.88 Å². The molecule has 0 spiro atoms. The number of rotatable bonds is 6. The van der Waals surface area contributed by atoms with Gasteiger partial charge in [0.1, 0.15) is 11.5 Å². The van der Waals surface area contributed by atoms with Gasteiger partial charge in [-0.05, 0) is 23.8 Å². The van der Waals surface area contributed by atoms with Crippen LogP contribution in [0.4, 0.5) is 4.39 Å². The molecule has 1 atom stereocenters. The van der Waals surface area contributed by atoms with Gasteiger partial charge in [-0.3, -0.25) is 14.6 Å². The molecule has 0 aliphatic carbocycles. The van der Waals surface area contributed by atoms with Crippen molar-refractivity contribution in [2.75, 3.05) is 0 Å². The maximum atomic E-state index is 13.9. The number of para-hydroxylation sites is 1. The van der Waals surface area contributed by atoms with Gasteiger partial charge in [-0.2, -0.15) is 9.78 Å². The van der Waals surface area contributed by atoms with Crippen LogP contribution in [0.2, 0.25) is 0 Å². The number of pyridine rings is 1. The quantitative estimate of drug-likeness (QED) is 0.611. The zero-order chi connectivity index (χ0) is 19.4. The summed E-state index contributed by atoms with van der Waals surface area (Å²) in [6.45, 7) is 0. The average Bonchev–Trinajstić information content (AvgIpc) is 3.03. The molecule has 0 saturated carbocycles. The van der Waals surface area contributed by atoms with E-state index in [1.165, 1.54) is 30.6 Å². The fourth-order valence-corrected chi connectivity index (χ4v) is 2.52. The molecule has 1 amide bonds. The third-order valence-corrected chi connectivity index (χ3v) is 3.77. The minimum Gasteiger partial charge on any atom is -0.493 e. The van der Waals surface area contributed by atoms with Crippen LogP contribution in [-0.2, 0) is 4.79 Å². The largest absolute Gasteiger partial charge is 0.493 e. The van der Waals surface area contributed by atoms with E-state index in [0.717, 1.165) is 10.7 Å². The van der Waals surface area contributed by atoms with Crippen molar-refractivity contribution in [3.63, 3.8) is 0 Å². The number of nitrogens with zero attached hydrogens (tertiary/aromatic N) is 3. The van der Waals surface area contributed by atoms with E-state index in [2.05, 4.69) is 15.4 Å². The monoisotopic (exact) mass is 370 g/mol. The van der Waals surface area contributed by atoms with Crippen LogP contribution in [0.1, 0.15) is 28.5 Å². The Balaban J connectivity index is 1.86. The Bertz CT molecular complexity index is 975. The van der Waals surface area contributed by atoms with E-state index < -0.39 is 29.6 Å². The first-order valence-electron chi connectivity index (χ1n) is 7.92. The highest BCUT2D eigenvalue weighted by molar-refractivity contribution is 5.93. The number of nitrogens with one attached hydrogen (secondary N) is 1. The first-order valence-corrected chi connectivity index (χ1v) is 7.92. The fourth-order valence-electron chi connectivity index (χ4n) is 2.52. The Morgan fingerprint density at radius 2 is 2.00 bits per heavy atom. The number of halogens is 1. The summed E-state index contributed by atoms with van der Waals surface area (Å²) in [5, 5.41) is 25.6. The van der Waals surface area contributed by atoms with Gasteiger partial charge >= 0.3 is 5.97 Å². The molecule has 1 aromatic carbocycles. The van der Waals surface area contributed by atoms with Gasteiger partial charge in [-0.25, -0.2) is 4.39 Å². The smallest absolute Gasteiger partial charge is 0.305 e.